The number of β-amino-alcohol motifs (C(OH)–C–C–N with tert-alkyl or cyclic N) is 1. The van der Waals surface area contributed by atoms with Crippen LogP contribution in [0.15, 0.2) is 12.5 Å². The molecular weight excluding hydrogens is 296 g/mol. The highest BCUT2D eigenvalue weighted by molar-refractivity contribution is 5.59. The Kier molecular flexibility index (Phi) is 2.39. The molecule has 3 aromatic heterocycles. The Morgan fingerprint density at radius 2 is 2.13 bits per heavy atom. The van der Waals surface area contributed by atoms with E-state index in [9.17, 15) is 5.11 Å². The van der Waals surface area contributed by atoms with Gasteiger partial charge in [-0.05, 0) is 19.3 Å². The van der Waals surface area contributed by atoms with Gasteiger partial charge in [-0.25, -0.2) is 9.67 Å². The molecule has 9 heteroatoms. The number of anilines is 1. The Morgan fingerprint density at radius 3 is 2.91 bits per heavy atom. The zero-order valence-corrected chi connectivity index (χ0v) is 12.7. The van der Waals surface area contributed by atoms with Crippen molar-refractivity contribution in [1.29, 1.82) is 0 Å². The molecule has 1 aliphatic carbocycles. The highest BCUT2D eigenvalue weighted by Gasteiger charge is 2.47. The van der Waals surface area contributed by atoms with Crippen LogP contribution >= 0.6 is 0 Å². The largest absolute Gasteiger partial charge is 0.380 e. The Bertz CT molecular complexity index is 907. The van der Waals surface area contributed by atoms with Gasteiger partial charge in [0.05, 0.1) is 30.7 Å². The minimum absolute atomic E-state index is 0.486. The number of fused-ring (bicyclic) bond motifs is 2. The van der Waals surface area contributed by atoms with Crippen molar-refractivity contribution < 1.29 is 5.11 Å². The molecule has 0 aromatic carbocycles. The summed E-state index contributed by atoms with van der Waals surface area (Å²) in [5.74, 6) is 1.64. The second-order valence-electron chi connectivity index (χ2n) is 6.32. The highest BCUT2D eigenvalue weighted by Crippen LogP contribution is 2.38. The number of hydrogen-bond acceptors (Lipinski definition) is 7. The van der Waals surface area contributed by atoms with Crippen LogP contribution in [0.5, 0.6) is 0 Å². The van der Waals surface area contributed by atoms with Crippen LogP contribution in [-0.4, -0.2) is 52.8 Å². The summed E-state index contributed by atoms with van der Waals surface area (Å²) in [6.07, 6.45) is 6.23. The molecule has 0 bridgehead atoms. The number of rotatable bonds is 2. The molecule has 4 heterocycles. The van der Waals surface area contributed by atoms with Crippen LogP contribution in [0, 0.1) is 0 Å². The van der Waals surface area contributed by atoms with Crippen molar-refractivity contribution in [1.82, 2.24) is 34.6 Å². The summed E-state index contributed by atoms with van der Waals surface area (Å²) in [4.78, 5) is 11.0. The van der Waals surface area contributed by atoms with Gasteiger partial charge in [0.25, 0.3) is 5.78 Å². The van der Waals surface area contributed by atoms with Gasteiger partial charge >= 0.3 is 0 Å². The Labute approximate surface area is 131 Å². The zero-order chi connectivity index (χ0) is 15.6. The third kappa shape index (κ3) is 1.68. The van der Waals surface area contributed by atoms with E-state index in [1.807, 2.05) is 0 Å². The quantitative estimate of drug-likeness (QED) is 0.678. The first kappa shape index (κ1) is 12.9. The fraction of sp³-hybridized carbons (Fsp3) is 0.500. The predicted octanol–water partition coefficient (Wildman–Crippen LogP) is -0.551. The number of aliphatic hydroxyl groups is 1. The summed E-state index contributed by atoms with van der Waals surface area (Å²) in [6, 6.07) is 0. The number of aromatic nitrogens is 7. The van der Waals surface area contributed by atoms with Crippen molar-refractivity contribution in [2.75, 3.05) is 18.0 Å². The second-order valence-corrected chi connectivity index (χ2v) is 6.32. The van der Waals surface area contributed by atoms with E-state index in [1.54, 1.807) is 22.4 Å². The van der Waals surface area contributed by atoms with Gasteiger partial charge in [0.2, 0.25) is 0 Å². The molecular formula is C14H16N8O. The number of hydrogen-bond donors (Lipinski definition) is 1. The SMILES string of the molecule is Cn1nncc1C1(O)CN(c2c3c(nc4ncnn24)CCC3)C1. The van der Waals surface area contributed by atoms with Crippen LogP contribution in [0.4, 0.5) is 5.82 Å². The van der Waals surface area contributed by atoms with Crippen molar-refractivity contribution in [3.05, 3.63) is 29.5 Å². The fourth-order valence-electron chi connectivity index (χ4n) is 3.73. The maximum Gasteiger partial charge on any atom is 0.254 e. The van der Waals surface area contributed by atoms with E-state index in [0.29, 0.717) is 18.9 Å². The molecule has 9 nitrogen and oxygen atoms in total. The summed E-state index contributed by atoms with van der Waals surface area (Å²) in [5.41, 5.74) is 2.14. The molecule has 1 N–H and O–H groups in total. The van der Waals surface area contributed by atoms with Gasteiger partial charge in [-0.1, -0.05) is 5.21 Å². The van der Waals surface area contributed by atoms with Crippen LogP contribution in [0.3, 0.4) is 0 Å². The molecule has 118 valence electrons. The van der Waals surface area contributed by atoms with E-state index < -0.39 is 5.60 Å². The summed E-state index contributed by atoms with van der Waals surface area (Å²) in [7, 11) is 1.79. The van der Waals surface area contributed by atoms with Gasteiger partial charge in [-0.3, -0.25) is 0 Å². The Balaban J connectivity index is 1.56. The molecule has 1 saturated heterocycles. The average Bonchev–Trinajstić information content (AvgIpc) is 3.21. The average molecular weight is 312 g/mol. The fourth-order valence-corrected chi connectivity index (χ4v) is 3.73. The summed E-state index contributed by atoms with van der Waals surface area (Å²) < 4.78 is 3.41. The molecule has 0 spiro atoms. The van der Waals surface area contributed by atoms with Gasteiger partial charge in [0, 0.05) is 12.6 Å². The van der Waals surface area contributed by atoms with Crippen molar-refractivity contribution in [3.8, 4) is 0 Å². The van der Waals surface area contributed by atoms with Gasteiger partial charge < -0.3 is 10.0 Å². The topological polar surface area (TPSA) is 97.3 Å². The van der Waals surface area contributed by atoms with E-state index in [-0.39, 0.29) is 0 Å². The molecule has 0 saturated carbocycles. The van der Waals surface area contributed by atoms with Crippen molar-refractivity contribution in [2.45, 2.75) is 24.9 Å². The van der Waals surface area contributed by atoms with Crippen LogP contribution in [0.25, 0.3) is 5.78 Å². The number of aryl methyl sites for hydroxylation is 2. The van der Waals surface area contributed by atoms with E-state index in [4.69, 9.17) is 0 Å². The molecule has 23 heavy (non-hydrogen) atoms. The highest BCUT2D eigenvalue weighted by atomic mass is 16.3. The molecule has 0 amide bonds. The van der Waals surface area contributed by atoms with Crippen LogP contribution in [0.1, 0.15) is 23.4 Å². The Hall–Kier alpha value is -2.55. The molecule has 2 aliphatic rings. The second kappa shape index (κ2) is 4.25. The number of nitrogens with zero attached hydrogens (tertiary/aromatic N) is 8. The molecule has 3 aromatic rings. The minimum atomic E-state index is -0.931. The summed E-state index contributed by atoms with van der Waals surface area (Å²) >= 11 is 0. The van der Waals surface area contributed by atoms with E-state index >= 15 is 0 Å². The third-order valence-electron chi connectivity index (χ3n) is 4.82. The lowest BCUT2D eigenvalue weighted by Gasteiger charge is -2.47. The monoisotopic (exact) mass is 312 g/mol. The van der Waals surface area contributed by atoms with Crippen molar-refractivity contribution >= 4 is 11.6 Å². The summed E-state index contributed by atoms with van der Waals surface area (Å²) in [6.45, 7) is 0.971. The first-order valence-corrected chi connectivity index (χ1v) is 7.70. The summed E-state index contributed by atoms with van der Waals surface area (Å²) in [5, 5.41) is 22.9. The van der Waals surface area contributed by atoms with E-state index in [0.717, 1.165) is 36.5 Å². The molecule has 1 aliphatic heterocycles. The molecule has 0 atom stereocenters. The lowest BCUT2D eigenvalue weighted by molar-refractivity contribution is -0.000816. The predicted molar refractivity (Wildman–Crippen MR) is 79.9 cm³/mol. The van der Waals surface area contributed by atoms with E-state index in [1.165, 1.54) is 11.9 Å². The minimum Gasteiger partial charge on any atom is -0.380 e. The normalized spacial score (nSPS) is 19.1. The van der Waals surface area contributed by atoms with E-state index in [2.05, 4.69) is 30.3 Å². The molecule has 0 unspecified atom stereocenters. The van der Waals surface area contributed by atoms with Crippen molar-refractivity contribution in [2.24, 2.45) is 7.05 Å². The van der Waals surface area contributed by atoms with Crippen LogP contribution in [-0.2, 0) is 25.5 Å². The lowest BCUT2D eigenvalue weighted by atomic mass is 9.90. The Morgan fingerprint density at radius 1 is 1.26 bits per heavy atom. The van der Waals surface area contributed by atoms with Gasteiger partial charge in [-0.15, -0.1) is 5.10 Å². The van der Waals surface area contributed by atoms with Gasteiger partial charge in [0.1, 0.15) is 17.7 Å². The maximum atomic E-state index is 10.9. The third-order valence-corrected chi connectivity index (χ3v) is 4.82. The molecule has 1 fully saturated rings. The van der Waals surface area contributed by atoms with Gasteiger partial charge in [-0.2, -0.15) is 14.6 Å². The first-order chi connectivity index (χ1) is 11.2. The maximum absolute atomic E-state index is 10.9. The van der Waals surface area contributed by atoms with Crippen molar-refractivity contribution in [3.63, 3.8) is 0 Å². The zero-order valence-electron chi connectivity index (χ0n) is 12.7. The standard InChI is InChI=1S/C14H16N8O/c1-20-11(5-16-19-20)14(23)6-21(7-14)12-9-3-2-4-10(9)18-13-15-8-17-22(12)13/h5,8,23H,2-4,6-7H2,1H3. The van der Waals surface area contributed by atoms with Crippen LogP contribution < -0.4 is 4.90 Å². The lowest BCUT2D eigenvalue weighted by Crippen LogP contribution is -2.61. The molecule has 0 radical (unpaired) electrons. The van der Waals surface area contributed by atoms with Crippen LogP contribution in [0.2, 0.25) is 0 Å². The molecule has 5 rings (SSSR count). The first-order valence-electron chi connectivity index (χ1n) is 7.70. The van der Waals surface area contributed by atoms with Gasteiger partial charge in [0.15, 0.2) is 0 Å². The smallest absolute Gasteiger partial charge is 0.254 e.